The van der Waals surface area contributed by atoms with E-state index >= 15 is 0 Å². The van der Waals surface area contributed by atoms with Crippen LogP contribution in [0.4, 0.5) is 0 Å². The Kier molecular flexibility index (Phi) is 2.24. The van der Waals surface area contributed by atoms with Crippen LogP contribution in [0.1, 0.15) is 37.0 Å². The fraction of sp³-hybridized carbons (Fsp3) is 0.333. The van der Waals surface area contributed by atoms with Crippen LogP contribution in [0.2, 0.25) is 6.32 Å². The molecule has 0 bridgehead atoms. The summed E-state index contributed by atoms with van der Waals surface area (Å²) in [7, 11) is 0. The molecule has 0 radical (unpaired) electrons. The van der Waals surface area contributed by atoms with Gasteiger partial charge in [-0.15, -0.1) is 0 Å². The lowest BCUT2D eigenvalue weighted by atomic mass is 9.30. The molecule has 2 heterocycles. The Morgan fingerprint density at radius 2 is 1.74 bits per heavy atom. The van der Waals surface area contributed by atoms with E-state index in [0.717, 1.165) is 0 Å². The summed E-state index contributed by atoms with van der Waals surface area (Å²) in [6.07, 6.45) is 3.91. The maximum atomic E-state index is 2.38. The van der Waals surface area contributed by atoms with E-state index in [-0.39, 0.29) is 5.41 Å². The highest BCUT2D eigenvalue weighted by Gasteiger charge is 2.40. The lowest BCUT2D eigenvalue weighted by Crippen LogP contribution is -2.56. The maximum Gasteiger partial charge on any atom is 0.210 e. The van der Waals surface area contributed by atoms with Crippen LogP contribution in [0, 0.1) is 0 Å². The molecule has 0 spiro atoms. The fourth-order valence-corrected chi connectivity index (χ4v) is 4.25. The van der Waals surface area contributed by atoms with Gasteiger partial charge in [0.2, 0.25) is 6.71 Å². The van der Waals surface area contributed by atoms with Crippen molar-refractivity contribution in [3.05, 3.63) is 59.2 Å². The molecule has 2 aliphatic rings. The van der Waals surface area contributed by atoms with E-state index in [1.54, 1.807) is 22.1 Å². The van der Waals surface area contributed by atoms with Gasteiger partial charge in [-0.3, -0.25) is 0 Å². The molecule has 0 aromatic heterocycles. The summed E-state index contributed by atoms with van der Waals surface area (Å²) in [5, 5.41) is 0. The first-order valence-corrected chi connectivity index (χ1v) is 7.41. The van der Waals surface area contributed by atoms with Crippen LogP contribution < -0.4 is 10.9 Å². The van der Waals surface area contributed by atoms with E-state index in [2.05, 4.69) is 56.3 Å². The highest BCUT2D eigenvalue weighted by molar-refractivity contribution is 6.87. The Morgan fingerprint density at radius 3 is 2.63 bits per heavy atom. The van der Waals surface area contributed by atoms with E-state index in [1.165, 1.54) is 24.7 Å². The normalized spacial score (nSPS) is 18.7. The minimum atomic E-state index is 0.149. The summed E-state index contributed by atoms with van der Waals surface area (Å²) in [5.41, 5.74) is 8.07. The third-order valence-corrected chi connectivity index (χ3v) is 5.17. The van der Waals surface area contributed by atoms with Gasteiger partial charge in [0.05, 0.1) is 0 Å². The first kappa shape index (κ1) is 11.3. The minimum absolute atomic E-state index is 0.149. The zero-order valence-electron chi connectivity index (χ0n) is 11.7. The van der Waals surface area contributed by atoms with Crippen LogP contribution in [0.25, 0.3) is 0 Å². The Bertz CT molecular complexity index is 654. The van der Waals surface area contributed by atoms with Crippen molar-refractivity contribution in [2.45, 2.75) is 38.4 Å². The molecule has 2 aromatic carbocycles. The SMILES string of the molecule is CC1(C)c2ccccc2B2CCCc3cccc1c32. The van der Waals surface area contributed by atoms with E-state index in [9.17, 15) is 0 Å². The molecule has 19 heavy (non-hydrogen) atoms. The van der Waals surface area contributed by atoms with Crippen molar-refractivity contribution < 1.29 is 0 Å². The van der Waals surface area contributed by atoms with Crippen LogP contribution in [-0.2, 0) is 11.8 Å². The fourth-order valence-electron chi connectivity index (χ4n) is 4.25. The van der Waals surface area contributed by atoms with Crippen molar-refractivity contribution >= 4 is 17.6 Å². The molecule has 0 atom stereocenters. The zero-order chi connectivity index (χ0) is 13.0. The summed E-state index contributed by atoms with van der Waals surface area (Å²) in [6.45, 7) is 5.41. The van der Waals surface area contributed by atoms with Crippen LogP contribution >= 0.6 is 0 Å². The van der Waals surface area contributed by atoms with Gasteiger partial charge in [0, 0.05) is 5.41 Å². The van der Waals surface area contributed by atoms with Gasteiger partial charge in [-0.25, -0.2) is 0 Å². The number of aryl methyl sites for hydroxylation is 1. The molecule has 0 unspecified atom stereocenters. The molecular weight excluding hydrogens is 227 g/mol. The Morgan fingerprint density at radius 1 is 0.947 bits per heavy atom. The van der Waals surface area contributed by atoms with Crippen molar-refractivity contribution in [3.63, 3.8) is 0 Å². The summed E-state index contributed by atoms with van der Waals surface area (Å²) >= 11 is 0. The lowest BCUT2D eigenvalue weighted by molar-refractivity contribution is 0.642. The van der Waals surface area contributed by atoms with Gasteiger partial charge < -0.3 is 0 Å². The van der Waals surface area contributed by atoms with Gasteiger partial charge in [-0.1, -0.05) is 85.5 Å². The first-order valence-electron chi connectivity index (χ1n) is 7.41. The second-order valence-corrected chi connectivity index (χ2v) is 6.54. The van der Waals surface area contributed by atoms with Gasteiger partial charge >= 0.3 is 0 Å². The topological polar surface area (TPSA) is 0 Å². The molecular formula is C18H19B. The molecule has 0 saturated heterocycles. The molecule has 0 nitrogen and oxygen atoms in total. The van der Waals surface area contributed by atoms with Gasteiger partial charge in [0.25, 0.3) is 0 Å². The molecule has 4 rings (SSSR count). The van der Waals surface area contributed by atoms with E-state index < -0.39 is 0 Å². The van der Waals surface area contributed by atoms with Crippen molar-refractivity contribution in [2.24, 2.45) is 0 Å². The average molecular weight is 246 g/mol. The predicted molar refractivity (Wildman–Crippen MR) is 83.2 cm³/mol. The van der Waals surface area contributed by atoms with Crippen LogP contribution in [0.3, 0.4) is 0 Å². The van der Waals surface area contributed by atoms with Crippen molar-refractivity contribution in [1.29, 1.82) is 0 Å². The minimum Gasteiger partial charge on any atom is -0.0701 e. The molecule has 0 saturated carbocycles. The molecule has 1 heteroatoms. The number of hydrogen-bond donors (Lipinski definition) is 0. The standard InChI is InChI=1S/C18H19B/c1-18(2)14-9-3-4-11-16(14)19-12-6-8-13-7-5-10-15(18)17(13)19/h3-5,7,9-11H,6,8,12H2,1-2H3. The predicted octanol–water partition coefficient (Wildman–Crippen LogP) is 2.88. The third-order valence-electron chi connectivity index (χ3n) is 5.17. The molecule has 94 valence electrons. The smallest absolute Gasteiger partial charge is 0.0701 e. The number of rotatable bonds is 0. The highest BCUT2D eigenvalue weighted by atomic mass is 14.3. The molecule has 2 aromatic rings. The lowest BCUT2D eigenvalue weighted by Gasteiger charge is -2.41. The van der Waals surface area contributed by atoms with Crippen molar-refractivity contribution in [1.82, 2.24) is 0 Å². The van der Waals surface area contributed by atoms with Gasteiger partial charge in [-0.2, -0.15) is 0 Å². The van der Waals surface area contributed by atoms with Crippen molar-refractivity contribution in [3.8, 4) is 0 Å². The molecule has 0 amide bonds. The van der Waals surface area contributed by atoms with Gasteiger partial charge in [-0.05, 0) is 17.5 Å². The van der Waals surface area contributed by atoms with Gasteiger partial charge in [0.15, 0.2) is 0 Å². The molecule has 2 aliphatic heterocycles. The maximum absolute atomic E-state index is 2.38. The average Bonchev–Trinajstić information content (AvgIpc) is 2.45. The first-order chi connectivity index (χ1) is 9.19. The second kappa shape index (κ2) is 3.76. The number of hydrogen-bond acceptors (Lipinski definition) is 0. The van der Waals surface area contributed by atoms with Gasteiger partial charge in [0.1, 0.15) is 0 Å². The summed E-state index contributed by atoms with van der Waals surface area (Å²) in [5.74, 6) is 0. The van der Waals surface area contributed by atoms with Crippen molar-refractivity contribution in [2.75, 3.05) is 0 Å². The zero-order valence-corrected chi connectivity index (χ0v) is 11.7. The largest absolute Gasteiger partial charge is 0.210 e. The van der Waals surface area contributed by atoms with E-state index in [0.29, 0.717) is 6.71 Å². The quantitative estimate of drug-likeness (QED) is 0.627. The Hall–Kier alpha value is -1.50. The third kappa shape index (κ3) is 1.42. The Labute approximate surface area is 115 Å². The van der Waals surface area contributed by atoms with Crippen LogP contribution in [-0.4, -0.2) is 6.71 Å². The summed E-state index contributed by atoms with van der Waals surface area (Å²) in [4.78, 5) is 0. The summed E-state index contributed by atoms with van der Waals surface area (Å²) in [6, 6.07) is 16.0. The molecule has 0 aliphatic carbocycles. The number of benzene rings is 2. The monoisotopic (exact) mass is 246 g/mol. The Balaban J connectivity index is 2.08. The molecule has 0 fully saturated rings. The van der Waals surface area contributed by atoms with E-state index in [1.807, 2.05) is 0 Å². The number of fused-ring (bicyclic) bond motifs is 2. The van der Waals surface area contributed by atoms with E-state index in [4.69, 9.17) is 0 Å². The van der Waals surface area contributed by atoms with Crippen LogP contribution in [0.15, 0.2) is 42.5 Å². The summed E-state index contributed by atoms with van der Waals surface area (Å²) < 4.78 is 0. The molecule has 0 N–H and O–H groups in total. The van der Waals surface area contributed by atoms with Crippen LogP contribution in [0.5, 0.6) is 0 Å². The highest BCUT2D eigenvalue weighted by Crippen LogP contribution is 2.35. The second-order valence-electron chi connectivity index (χ2n) is 6.54.